The first-order valence-electron chi connectivity index (χ1n) is 7.77. The topological polar surface area (TPSA) is 29.5 Å². The van der Waals surface area contributed by atoms with Crippen LogP contribution in [0.5, 0.6) is 5.75 Å². The lowest BCUT2D eigenvalue weighted by molar-refractivity contribution is -0.132. The van der Waals surface area contributed by atoms with Gasteiger partial charge < -0.3 is 9.64 Å². The number of hydrogen-bond donors (Lipinski definition) is 0. The summed E-state index contributed by atoms with van der Waals surface area (Å²) in [7, 11) is 1.90. The third-order valence-corrected chi connectivity index (χ3v) is 4.26. The number of carbonyl (C=O) groups excluding carboxylic acids is 1. The Balaban J connectivity index is 1.66. The van der Waals surface area contributed by atoms with Gasteiger partial charge in [0.25, 0.3) is 0 Å². The van der Waals surface area contributed by atoms with E-state index in [1.54, 1.807) is 0 Å². The van der Waals surface area contributed by atoms with Gasteiger partial charge in [-0.25, -0.2) is 0 Å². The van der Waals surface area contributed by atoms with Gasteiger partial charge in [0.2, 0.25) is 5.91 Å². The first-order chi connectivity index (χ1) is 10.8. The normalized spacial score (nSPS) is 16.5. The van der Waals surface area contributed by atoms with Crippen LogP contribution in [0.2, 0.25) is 0 Å². The quantitative estimate of drug-likeness (QED) is 0.862. The molecule has 0 radical (unpaired) electrons. The van der Waals surface area contributed by atoms with E-state index in [0.29, 0.717) is 13.0 Å². The molecule has 0 aliphatic carbocycles. The summed E-state index contributed by atoms with van der Waals surface area (Å²) < 4.78 is 5.67. The molecule has 0 fully saturated rings. The summed E-state index contributed by atoms with van der Waals surface area (Å²) in [5, 5.41) is 0. The summed E-state index contributed by atoms with van der Waals surface area (Å²) in [5.41, 5.74) is 2.32. The van der Waals surface area contributed by atoms with Crippen molar-refractivity contribution in [3.8, 4) is 5.75 Å². The largest absolute Gasteiger partial charge is 0.493 e. The average molecular weight is 295 g/mol. The number of para-hydroxylation sites is 1. The highest BCUT2D eigenvalue weighted by atomic mass is 16.5. The zero-order chi connectivity index (χ0) is 15.4. The van der Waals surface area contributed by atoms with E-state index in [4.69, 9.17) is 4.74 Å². The van der Waals surface area contributed by atoms with Gasteiger partial charge in [-0.3, -0.25) is 4.79 Å². The number of carbonyl (C=O) groups is 1. The zero-order valence-corrected chi connectivity index (χ0v) is 12.9. The molecule has 22 heavy (non-hydrogen) atoms. The molecule has 0 aromatic heterocycles. The van der Waals surface area contributed by atoms with Gasteiger partial charge in [0, 0.05) is 25.5 Å². The molecule has 1 amide bonds. The van der Waals surface area contributed by atoms with Crippen LogP contribution in [0.3, 0.4) is 0 Å². The average Bonchev–Trinajstić information content (AvgIpc) is 2.59. The van der Waals surface area contributed by atoms with Gasteiger partial charge in [0.05, 0.1) is 12.6 Å². The molecule has 0 N–H and O–H groups in total. The van der Waals surface area contributed by atoms with Gasteiger partial charge in [0.1, 0.15) is 5.75 Å². The molecule has 0 saturated heterocycles. The van der Waals surface area contributed by atoms with E-state index in [1.165, 1.54) is 5.56 Å². The van der Waals surface area contributed by atoms with Gasteiger partial charge in [-0.05, 0) is 18.1 Å². The first-order valence-corrected chi connectivity index (χ1v) is 7.77. The van der Waals surface area contributed by atoms with E-state index in [1.807, 2.05) is 48.3 Å². The van der Waals surface area contributed by atoms with Crippen LogP contribution in [0.4, 0.5) is 0 Å². The van der Waals surface area contributed by atoms with E-state index in [9.17, 15) is 4.79 Å². The number of hydrogen-bond acceptors (Lipinski definition) is 2. The zero-order valence-electron chi connectivity index (χ0n) is 12.9. The molecule has 1 atom stereocenters. The fourth-order valence-corrected chi connectivity index (χ4v) is 2.97. The van der Waals surface area contributed by atoms with Gasteiger partial charge in [-0.15, -0.1) is 0 Å². The molecule has 3 heteroatoms. The van der Waals surface area contributed by atoms with Crippen molar-refractivity contribution in [3.63, 3.8) is 0 Å². The van der Waals surface area contributed by atoms with Crippen LogP contribution < -0.4 is 4.74 Å². The molecule has 0 saturated carbocycles. The molecule has 2 aromatic rings. The number of nitrogens with zero attached hydrogens (tertiary/aromatic N) is 1. The fourth-order valence-electron chi connectivity index (χ4n) is 2.97. The summed E-state index contributed by atoms with van der Waals surface area (Å²) in [5.74, 6) is 1.09. The fraction of sp³-hybridized carbons (Fsp3) is 0.316. The lowest BCUT2D eigenvalue weighted by Gasteiger charge is -2.33. The van der Waals surface area contributed by atoms with Crippen LogP contribution in [0.25, 0.3) is 0 Å². The molecule has 1 aliphatic heterocycles. The maximum atomic E-state index is 12.5. The molecule has 114 valence electrons. The Morgan fingerprint density at radius 2 is 1.86 bits per heavy atom. The van der Waals surface area contributed by atoms with Crippen molar-refractivity contribution in [1.82, 2.24) is 4.90 Å². The van der Waals surface area contributed by atoms with Crippen molar-refractivity contribution < 1.29 is 9.53 Å². The molecule has 0 spiro atoms. The molecule has 2 aromatic carbocycles. The van der Waals surface area contributed by atoms with Crippen molar-refractivity contribution in [3.05, 3.63) is 65.7 Å². The summed E-state index contributed by atoms with van der Waals surface area (Å²) in [6.07, 6.45) is 2.18. The second-order valence-corrected chi connectivity index (χ2v) is 5.68. The molecule has 3 nitrogen and oxygen atoms in total. The minimum Gasteiger partial charge on any atom is -0.493 e. The van der Waals surface area contributed by atoms with Crippen LogP contribution >= 0.6 is 0 Å². The van der Waals surface area contributed by atoms with Crippen LogP contribution in [-0.2, 0) is 11.2 Å². The molecule has 1 unspecified atom stereocenters. The predicted octanol–water partition coefficient (Wildman–Crippen LogP) is 3.60. The summed E-state index contributed by atoms with van der Waals surface area (Å²) in [6, 6.07) is 18.3. The Morgan fingerprint density at radius 3 is 2.68 bits per heavy atom. The Labute approximate surface area is 131 Å². The second-order valence-electron chi connectivity index (χ2n) is 5.68. The van der Waals surface area contributed by atoms with Gasteiger partial charge in [-0.2, -0.15) is 0 Å². The van der Waals surface area contributed by atoms with E-state index >= 15 is 0 Å². The number of amides is 1. The first kappa shape index (κ1) is 14.6. The van der Waals surface area contributed by atoms with Crippen molar-refractivity contribution in [1.29, 1.82) is 0 Å². The lowest BCUT2D eigenvalue weighted by atomic mass is 9.98. The molecule has 1 aliphatic rings. The Bertz CT molecular complexity index is 639. The summed E-state index contributed by atoms with van der Waals surface area (Å²) in [4.78, 5) is 14.4. The number of fused-ring (bicyclic) bond motifs is 1. The van der Waals surface area contributed by atoms with Crippen LogP contribution in [-0.4, -0.2) is 24.5 Å². The van der Waals surface area contributed by atoms with E-state index in [-0.39, 0.29) is 11.9 Å². The molecular weight excluding hydrogens is 274 g/mol. The minimum absolute atomic E-state index is 0.119. The molecule has 0 bridgehead atoms. The van der Waals surface area contributed by atoms with Crippen molar-refractivity contribution in [2.45, 2.75) is 25.3 Å². The maximum absolute atomic E-state index is 12.5. The van der Waals surface area contributed by atoms with Crippen LogP contribution in [0, 0.1) is 0 Å². The number of benzene rings is 2. The molecular formula is C19H21NO2. The molecule has 1 heterocycles. The van der Waals surface area contributed by atoms with E-state index in [0.717, 1.165) is 24.2 Å². The standard InChI is InChI=1S/C19H21NO2/c1-20(19(21)12-11-15-7-3-2-4-8-15)17-13-14-22-18-10-6-5-9-16(17)18/h2-10,17H,11-14H2,1H3. The minimum atomic E-state index is 0.119. The van der Waals surface area contributed by atoms with E-state index < -0.39 is 0 Å². The van der Waals surface area contributed by atoms with Gasteiger partial charge in [0.15, 0.2) is 0 Å². The van der Waals surface area contributed by atoms with Gasteiger partial charge >= 0.3 is 0 Å². The Kier molecular flexibility index (Phi) is 4.42. The molecule has 3 rings (SSSR count). The third kappa shape index (κ3) is 3.14. The lowest BCUT2D eigenvalue weighted by Crippen LogP contribution is -2.34. The van der Waals surface area contributed by atoms with Gasteiger partial charge in [-0.1, -0.05) is 48.5 Å². The highest BCUT2D eigenvalue weighted by molar-refractivity contribution is 5.77. The number of ether oxygens (including phenoxy) is 1. The highest BCUT2D eigenvalue weighted by Gasteiger charge is 2.27. The Hall–Kier alpha value is -2.29. The van der Waals surface area contributed by atoms with Crippen LogP contribution in [0.15, 0.2) is 54.6 Å². The van der Waals surface area contributed by atoms with Crippen molar-refractivity contribution in [2.75, 3.05) is 13.7 Å². The predicted molar refractivity (Wildman–Crippen MR) is 86.8 cm³/mol. The van der Waals surface area contributed by atoms with Crippen molar-refractivity contribution in [2.24, 2.45) is 0 Å². The Morgan fingerprint density at radius 1 is 1.14 bits per heavy atom. The maximum Gasteiger partial charge on any atom is 0.223 e. The summed E-state index contributed by atoms with van der Waals surface area (Å²) >= 11 is 0. The van der Waals surface area contributed by atoms with Crippen LogP contribution in [0.1, 0.15) is 30.0 Å². The SMILES string of the molecule is CN(C(=O)CCc1ccccc1)C1CCOc2ccccc21. The second kappa shape index (κ2) is 6.65. The third-order valence-electron chi connectivity index (χ3n) is 4.26. The smallest absolute Gasteiger partial charge is 0.223 e. The van der Waals surface area contributed by atoms with Crippen molar-refractivity contribution >= 4 is 5.91 Å². The summed E-state index contributed by atoms with van der Waals surface area (Å²) in [6.45, 7) is 0.665. The van der Waals surface area contributed by atoms with E-state index in [2.05, 4.69) is 18.2 Å². The number of rotatable bonds is 4. The monoisotopic (exact) mass is 295 g/mol. The highest BCUT2D eigenvalue weighted by Crippen LogP contribution is 2.35. The number of aryl methyl sites for hydroxylation is 1.